The fourth-order valence-electron chi connectivity index (χ4n) is 3.36. The normalized spacial score (nSPS) is 14.6. The van der Waals surface area contributed by atoms with E-state index in [1.807, 2.05) is 31.2 Å². The highest BCUT2D eigenvalue weighted by molar-refractivity contribution is 5.97. The lowest BCUT2D eigenvalue weighted by Crippen LogP contribution is -2.47. The van der Waals surface area contributed by atoms with Crippen LogP contribution < -0.4 is 20.9 Å². The fraction of sp³-hybridized carbons (Fsp3) is 0.391. The van der Waals surface area contributed by atoms with Crippen molar-refractivity contribution in [2.45, 2.75) is 32.4 Å². The zero-order valence-electron chi connectivity index (χ0n) is 17.7. The Hall–Kier alpha value is -3.13. The third kappa shape index (κ3) is 6.96. The van der Waals surface area contributed by atoms with Gasteiger partial charge in [0, 0.05) is 31.0 Å². The van der Waals surface area contributed by atoms with Crippen molar-refractivity contribution in [1.29, 1.82) is 0 Å². The van der Waals surface area contributed by atoms with E-state index in [1.165, 1.54) is 12.1 Å². The average molecular weight is 429 g/mol. The van der Waals surface area contributed by atoms with E-state index in [2.05, 4.69) is 20.9 Å². The molecular formula is C23H29FN4O3. The Bertz CT molecular complexity index is 852. The van der Waals surface area contributed by atoms with Gasteiger partial charge in [-0.25, -0.2) is 9.18 Å². The molecule has 3 rings (SSSR count). The summed E-state index contributed by atoms with van der Waals surface area (Å²) in [6.45, 7) is 5.33. The number of benzene rings is 2. The highest BCUT2D eigenvalue weighted by Gasteiger charge is 2.20. The summed E-state index contributed by atoms with van der Waals surface area (Å²) in [6, 6.07) is 12.5. The molecule has 1 fully saturated rings. The van der Waals surface area contributed by atoms with Gasteiger partial charge in [-0.3, -0.25) is 4.79 Å². The average Bonchev–Trinajstić information content (AvgIpc) is 2.79. The van der Waals surface area contributed by atoms with Gasteiger partial charge in [0.25, 0.3) is 0 Å². The smallest absolute Gasteiger partial charge is 0.315 e. The van der Waals surface area contributed by atoms with Crippen molar-refractivity contribution in [3.8, 4) is 0 Å². The van der Waals surface area contributed by atoms with Gasteiger partial charge < -0.3 is 25.6 Å². The van der Waals surface area contributed by atoms with Crippen LogP contribution in [0, 0.1) is 5.82 Å². The number of amides is 3. The predicted molar refractivity (Wildman–Crippen MR) is 119 cm³/mol. The Labute approximate surface area is 182 Å². The van der Waals surface area contributed by atoms with Gasteiger partial charge in [-0.05, 0) is 48.4 Å². The first-order chi connectivity index (χ1) is 15.0. The minimum atomic E-state index is -0.655. The van der Waals surface area contributed by atoms with Crippen molar-refractivity contribution in [2.24, 2.45) is 0 Å². The highest BCUT2D eigenvalue weighted by Crippen LogP contribution is 2.19. The van der Waals surface area contributed by atoms with Crippen LogP contribution in [0.3, 0.4) is 0 Å². The lowest BCUT2D eigenvalue weighted by molar-refractivity contribution is -0.118. The van der Waals surface area contributed by atoms with E-state index in [9.17, 15) is 14.0 Å². The molecule has 3 N–H and O–H groups in total. The van der Waals surface area contributed by atoms with Gasteiger partial charge in [0.1, 0.15) is 11.9 Å². The summed E-state index contributed by atoms with van der Waals surface area (Å²) >= 11 is 0. The number of anilines is 2. The van der Waals surface area contributed by atoms with Crippen LogP contribution in [0.25, 0.3) is 0 Å². The first kappa shape index (κ1) is 22.6. The summed E-state index contributed by atoms with van der Waals surface area (Å²) in [5, 5.41) is 8.30. The molecule has 166 valence electrons. The second kappa shape index (κ2) is 11.3. The molecule has 31 heavy (non-hydrogen) atoms. The lowest BCUT2D eigenvalue weighted by Gasteiger charge is -2.29. The molecule has 1 aliphatic rings. The zero-order valence-corrected chi connectivity index (χ0v) is 17.7. The summed E-state index contributed by atoms with van der Waals surface area (Å²) < 4.78 is 18.3. The Balaban J connectivity index is 1.51. The number of carbonyl (C=O) groups excluding carboxylic acids is 2. The number of ether oxygens (including phenoxy) is 1. The summed E-state index contributed by atoms with van der Waals surface area (Å²) in [7, 11) is 0. The number of rotatable bonds is 8. The Morgan fingerprint density at radius 1 is 1.06 bits per heavy atom. The quantitative estimate of drug-likeness (QED) is 0.603. The van der Waals surface area contributed by atoms with Gasteiger partial charge in [-0.15, -0.1) is 0 Å². The maximum absolute atomic E-state index is 13.0. The standard InChI is InChI=1S/C23H29FN4O3/c1-2-3-21(27-23(30)25-16-17-4-6-18(24)7-5-17)22(29)26-19-8-10-20(11-9-19)28-12-14-31-15-13-28/h4-11,21H,2-3,12-16H2,1H3,(H,26,29)(H2,25,27,30). The first-order valence-corrected chi connectivity index (χ1v) is 10.6. The van der Waals surface area contributed by atoms with Crippen molar-refractivity contribution in [1.82, 2.24) is 10.6 Å². The van der Waals surface area contributed by atoms with Crippen molar-refractivity contribution in [3.63, 3.8) is 0 Å². The van der Waals surface area contributed by atoms with Crippen LogP contribution in [0.1, 0.15) is 25.3 Å². The van der Waals surface area contributed by atoms with Crippen LogP contribution in [0.15, 0.2) is 48.5 Å². The molecule has 0 radical (unpaired) electrons. The van der Waals surface area contributed by atoms with Gasteiger partial charge in [0.2, 0.25) is 5.91 Å². The van der Waals surface area contributed by atoms with E-state index in [1.54, 1.807) is 12.1 Å². The van der Waals surface area contributed by atoms with Crippen molar-refractivity contribution < 1.29 is 18.7 Å². The van der Waals surface area contributed by atoms with E-state index >= 15 is 0 Å². The number of morpholine rings is 1. The Morgan fingerprint density at radius 2 is 1.74 bits per heavy atom. The topological polar surface area (TPSA) is 82.7 Å². The number of nitrogens with one attached hydrogen (secondary N) is 3. The highest BCUT2D eigenvalue weighted by atomic mass is 19.1. The molecule has 0 saturated carbocycles. The number of urea groups is 1. The van der Waals surface area contributed by atoms with Crippen molar-refractivity contribution >= 4 is 23.3 Å². The summed E-state index contributed by atoms with van der Waals surface area (Å²) in [4.78, 5) is 27.2. The van der Waals surface area contributed by atoms with E-state index < -0.39 is 12.1 Å². The molecule has 1 heterocycles. The van der Waals surface area contributed by atoms with Gasteiger partial charge in [0.05, 0.1) is 13.2 Å². The van der Waals surface area contributed by atoms with Gasteiger partial charge in [-0.2, -0.15) is 0 Å². The maximum Gasteiger partial charge on any atom is 0.315 e. The van der Waals surface area contributed by atoms with Crippen LogP contribution in [0.5, 0.6) is 0 Å². The van der Waals surface area contributed by atoms with E-state index in [4.69, 9.17) is 4.74 Å². The maximum atomic E-state index is 13.0. The van der Waals surface area contributed by atoms with Gasteiger partial charge >= 0.3 is 6.03 Å². The molecule has 3 amide bonds. The molecule has 8 heteroatoms. The summed E-state index contributed by atoms with van der Waals surface area (Å²) in [6.07, 6.45) is 1.26. The molecule has 7 nitrogen and oxygen atoms in total. The predicted octanol–water partition coefficient (Wildman–Crippen LogP) is 3.27. The lowest BCUT2D eigenvalue weighted by atomic mass is 10.1. The molecule has 0 aliphatic carbocycles. The minimum absolute atomic E-state index is 0.246. The van der Waals surface area contributed by atoms with Crippen LogP contribution in [-0.4, -0.2) is 44.3 Å². The van der Waals surface area contributed by atoms with Crippen molar-refractivity contribution in [2.75, 3.05) is 36.5 Å². The Kier molecular flexibility index (Phi) is 8.23. The van der Waals surface area contributed by atoms with Crippen LogP contribution >= 0.6 is 0 Å². The molecule has 1 aliphatic heterocycles. The third-order valence-electron chi connectivity index (χ3n) is 5.08. The molecule has 2 aromatic rings. The molecule has 1 unspecified atom stereocenters. The van der Waals surface area contributed by atoms with Crippen LogP contribution in [0.2, 0.25) is 0 Å². The molecule has 0 spiro atoms. The largest absolute Gasteiger partial charge is 0.378 e. The van der Waals surface area contributed by atoms with E-state index in [0.717, 1.165) is 30.8 Å². The number of hydrogen-bond acceptors (Lipinski definition) is 4. The van der Waals surface area contributed by atoms with Crippen LogP contribution in [-0.2, 0) is 16.1 Å². The first-order valence-electron chi connectivity index (χ1n) is 10.6. The zero-order chi connectivity index (χ0) is 22.1. The number of hydrogen-bond donors (Lipinski definition) is 3. The summed E-state index contributed by atoms with van der Waals surface area (Å²) in [5.41, 5.74) is 2.54. The van der Waals surface area contributed by atoms with Crippen molar-refractivity contribution in [3.05, 3.63) is 59.9 Å². The minimum Gasteiger partial charge on any atom is -0.378 e. The number of nitrogens with zero attached hydrogens (tertiary/aromatic N) is 1. The number of halogens is 1. The monoisotopic (exact) mass is 428 g/mol. The summed E-state index contributed by atoms with van der Waals surface area (Å²) in [5.74, 6) is -0.594. The molecule has 1 atom stereocenters. The SMILES string of the molecule is CCCC(NC(=O)NCc1ccc(F)cc1)C(=O)Nc1ccc(N2CCOCC2)cc1. The molecule has 0 aromatic heterocycles. The van der Waals surface area contributed by atoms with E-state index in [-0.39, 0.29) is 18.3 Å². The molecule has 0 bridgehead atoms. The van der Waals surface area contributed by atoms with Gasteiger partial charge in [0.15, 0.2) is 0 Å². The third-order valence-corrected chi connectivity index (χ3v) is 5.08. The number of carbonyl (C=O) groups is 2. The molecular weight excluding hydrogens is 399 g/mol. The second-order valence-electron chi connectivity index (χ2n) is 7.43. The van der Waals surface area contributed by atoms with Gasteiger partial charge in [-0.1, -0.05) is 25.5 Å². The molecule has 1 saturated heterocycles. The molecule has 2 aromatic carbocycles. The van der Waals surface area contributed by atoms with Crippen LogP contribution in [0.4, 0.5) is 20.6 Å². The second-order valence-corrected chi connectivity index (χ2v) is 7.43. The van der Waals surface area contributed by atoms with E-state index in [0.29, 0.717) is 25.3 Å². The fourth-order valence-corrected chi connectivity index (χ4v) is 3.36. The Morgan fingerprint density at radius 3 is 2.39 bits per heavy atom.